The third-order valence-electron chi connectivity index (χ3n) is 5.79. The maximum atomic E-state index is 12.6. The molecule has 0 saturated carbocycles. The van der Waals surface area contributed by atoms with E-state index in [9.17, 15) is 4.79 Å². The van der Waals surface area contributed by atoms with Gasteiger partial charge in [-0.15, -0.1) is 5.10 Å². The second-order valence-electron chi connectivity index (χ2n) is 7.64. The number of piperazine rings is 1. The molecule has 0 N–H and O–H groups in total. The molecule has 2 aromatic rings. The molecule has 0 atom stereocenters. The number of hydrogen-bond donors (Lipinski definition) is 0. The minimum absolute atomic E-state index is 0.0267. The van der Waals surface area contributed by atoms with Gasteiger partial charge in [0.05, 0.1) is 5.69 Å². The quantitative estimate of drug-likeness (QED) is 0.748. The van der Waals surface area contributed by atoms with Crippen molar-refractivity contribution in [3.05, 3.63) is 47.2 Å². The Morgan fingerprint density at radius 2 is 1.79 bits per heavy atom. The highest BCUT2D eigenvalue weighted by Crippen LogP contribution is 2.32. The Morgan fingerprint density at radius 1 is 0.966 bits per heavy atom. The molecule has 5 rings (SSSR count). The SMILES string of the molecule is O=C(/C=C/c1ccc2c(c1)OCO2)N1CCN(c2cc3c(nn2)CCCC3)CC1. The summed E-state index contributed by atoms with van der Waals surface area (Å²) in [4.78, 5) is 16.7. The molecule has 1 aliphatic carbocycles. The average Bonchev–Trinajstić information content (AvgIpc) is 3.25. The van der Waals surface area contributed by atoms with E-state index in [4.69, 9.17) is 9.47 Å². The van der Waals surface area contributed by atoms with Crippen LogP contribution in [0.25, 0.3) is 6.08 Å². The van der Waals surface area contributed by atoms with Crippen LogP contribution in [0, 0.1) is 0 Å². The van der Waals surface area contributed by atoms with Gasteiger partial charge in [0.1, 0.15) is 0 Å². The van der Waals surface area contributed by atoms with E-state index >= 15 is 0 Å². The first kappa shape index (κ1) is 18.0. The number of fused-ring (bicyclic) bond motifs is 2. The lowest BCUT2D eigenvalue weighted by molar-refractivity contribution is -0.126. The normalized spacial score (nSPS) is 18.2. The van der Waals surface area contributed by atoms with Crippen LogP contribution in [0.4, 0.5) is 5.82 Å². The average molecular weight is 392 g/mol. The molecule has 0 spiro atoms. The van der Waals surface area contributed by atoms with Crippen molar-refractivity contribution in [2.75, 3.05) is 37.9 Å². The number of rotatable bonds is 3. The molecule has 1 saturated heterocycles. The Balaban J connectivity index is 1.19. The standard InChI is InChI=1S/C22H24N4O3/c27-22(8-6-16-5-7-19-20(13-16)29-15-28-19)26-11-9-25(10-12-26)21-14-17-3-1-2-4-18(17)23-24-21/h5-8,13-14H,1-4,9-12,15H2/b8-6+. The molecule has 1 aromatic heterocycles. The first-order valence-electron chi connectivity index (χ1n) is 10.2. The topological polar surface area (TPSA) is 67.8 Å². The highest BCUT2D eigenvalue weighted by Gasteiger charge is 2.22. The zero-order chi connectivity index (χ0) is 19.6. The Kier molecular flexibility index (Phi) is 4.79. The number of nitrogens with zero attached hydrogens (tertiary/aromatic N) is 4. The molecule has 7 nitrogen and oxygen atoms in total. The van der Waals surface area contributed by atoms with Crippen molar-refractivity contribution in [2.45, 2.75) is 25.7 Å². The van der Waals surface area contributed by atoms with Crippen LogP contribution in [0.5, 0.6) is 11.5 Å². The van der Waals surface area contributed by atoms with Gasteiger partial charge >= 0.3 is 0 Å². The Labute approximate surface area is 169 Å². The number of carbonyl (C=O) groups excluding carboxylic acids is 1. The lowest BCUT2D eigenvalue weighted by Crippen LogP contribution is -2.48. The maximum Gasteiger partial charge on any atom is 0.246 e. The van der Waals surface area contributed by atoms with Gasteiger partial charge in [-0.2, -0.15) is 5.10 Å². The molecule has 150 valence electrons. The number of anilines is 1. The molecule has 3 heterocycles. The van der Waals surface area contributed by atoms with Crippen molar-refractivity contribution in [3.63, 3.8) is 0 Å². The van der Waals surface area contributed by atoms with E-state index in [2.05, 4.69) is 21.2 Å². The first-order chi connectivity index (χ1) is 14.3. The Bertz CT molecular complexity index is 951. The second-order valence-corrected chi connectivity index (χ2v) is 7.64. The van der Waals surface area contributed by atoms with Crippen molar-refractivity contribution in [2.24, 2.45) is 0 Å². The first-order valence-corrected chi connectivity index (χ1v) is 10.2. The summed E-state index contributed by atoms with van der Waals surface area (Å²) in [5.41, 5.74) is 3.42. The van der Waals surface area contributed by atoms with E-state index in [0.717, 1.165) is 54.5 Å². The Hall–Kier alpha value is -3.09. The van der Waals surface area contributed by atoms with Crippen molar-refractivity contribution < 1.29 is 14.3 Å². The highest BCUT2D eigenvalue weighted by molar-refractivity contribution is 5.92. The molecular weight excluding hydrogens is 368 g/mol. The minimum Gasteiger partial charge on any atom is -0.454 e. The number of aromatic nitrogens is 2. The molecule has 0 unspecified atom stereocenters. The van der Waals surface area contributed by atoms with Gasteiger partial charge in [-0.05, 0) is 61.1 Å². The van der Waals surface area contributed by atoms with Crippen LogP contribution >= 0.6 is 0 Å². The number of amides is 1. The van der Waals surface area contributed by atoms with E-state index in [0.29, 0.717) is 13.1 Å². The molecular formula is C22H24N4O3. The third-order valence-corrected chi connectivity index (χ3v) is 5.79. The van der Waals surface area contributed by atoms with Crippen molar-refractivity contribution in [3.8, 4) is 11.5 Å². The molecule has 3 aliphatic rings. The fourth-order valence-corrected chi connectivity index (χ4v) is 4.08. The van der Waals surface area contributed by atoms with Crippen LogP contribution in [0.2, 0.25) is 0 Å². The fraction of sp³-hybridized carbons (Fsp3) is 0.409. The number of benzene rings is 1. The highest BCUT2D eigenvalue weighted by atomic mass is 16.7. The van der Waals surface area contributed by atoms with Gasteiger partial charge in [-0.3, -0.25) is 4.79 Å². The van der Waals surface area contributed by atoms with Crippen molar-refractivity contribution in [1.82, 2.24) is 15.1 Å². The molecule has 1 fully saturated rings. The Morgan fingerprint density at radius 3 is 2.69 bits per heavy atom. The predicted molar refractivity (Wildman–Crippen MR) is 109 cm³/mol. The number of hydrogen-bond acceptors (Lipinski definition) is 6. The van der Waals surface area contributed by atoms with Crippen LogP contribution in [0.3, 0.4) is 0 Å². The second kappa shape index (κ2) is 7.73. The molecule has 2 aliphatic heterocycles. The fourth-order valence-electron chi connectivity index (χ4n) is 4.08. The summed E-state index contributed by atoms with van der Waals surface area (Å²) in [6.45, 7) is 3.17. The van der Waals surface area contributed by atoms with E-state index in [1.165, 1.54) is 18.4 Å². The predicted octanol–water partition coefficient (Wildman–Crippen LogP) is 2.45. The summed E-state index contributed by atoms with van der Waals surface area (Å²) < 4.78 is 10.7. The van der Waals surface area contributed by atoms with Crippen LogP contribution in [0.15, 0.2) is 30.3 Å². The number of ether oxygens (including phenoxy) is 2. The van der Waals surface area contributed by atoms with Crippen LogP contribution < -0.4 is 14.4 Å². The van der Waals surface area contributed by atoms with Gasteiger partial charge in [-0.1, -0.05) is 6.07 Å². The maximum absolute atomic E-state index is 12.6. The molecule has 29 heavy (non-hydrogen) atoms. The van der Waals surface area contributed by atoms with E-state index in [1.54, 1.807) is 6.08 Å². The third kappa shape index (κ3) is 3.77. The van der Waals surface area contributed by atoms with Gasteiger partial charge in [0.2, 0.25) is 12.7 Å². The monoisotopic (exact) mass is 392 g/mol. The van der Waals surface area contributed by atoms with Crippen LogP contribution in [-0.4, -0.2) is 54.0 Å². The lowest BCUT2D eigenvalue weighted by Gasteiger charge is -2.35. The zero-order valence-electron chi connectivity index (χ0n) is 16.3. The largest absolute Gasteiger partial charge is 0.454 e. The zero-order valence-corrected chi connectivity index (χ0v) is 16.3. The number of aryl methyl sites for hydroxylation is 2. The van der Waals surface area contributed by atoms with Gasteiger partial charge in [0, 0.05) is 32.3 Å². The summed E-state index contributed by atoms with van der Waals surface area (Å²) in [5, 5.41) is 8.86. The molecule has 7 heteroatoms. The molecule has 1 amide bonds. The van der Waals surface area contributed by atoms with Gasteiger partial charge in [-0.25, -0.2) is 0 Å². The van der Waals surface area contributed by atoms with Gasteiger partial charge in [0.15, 0.2) is 17.3 Å². The summed E-state index contributed by atoms with van der Waals surface area (Å²) in [6.07, 6.45) is 8.04. The molecule has 0 bridgehead atoms. The lowest BCUT2D eigenvalue weighted by atomic mass is 9.97. The van der Waals surface area contributed by atoms with Gasteiger partial charge < -0.3 is 19.3 Å². The molecule has 1 aromatic carbocycles. The van der Waals surface area contributed by atoms with E-state index in [-0.39, 0.29) is 12.7 Å². The van der Waals surface area contributed by atoms with Crippen molar-refractivity contribution >= 4 is 17.8 Å². The van der Waals surface area contributed by atoms with E-state index in [1.807, 2.05) is 29.2 Å². The smallest absolute Gasteiger partial charge is 0.246 e. The van der Waals surface area contributed by atoms with Gasteiger partial charge in [0.25, 0.3) is 0 Å². The minimum atomic E-state index is 0.0267. The molecule has 0 radical (unpaired) electrons. The summed E-state index contributed by atoms with van der Waals surface area (Å²) in [7, 11) is 0. The summed E-state index contributed by atoms with van der Waals surface area (Å²) >= 11 is 0. The van der Waals surface area contributed by atoms with E-state index < -0.39 is 0 Å². The summed E-state index contributed by atoms with van der Waals surface area (Å²) in [6, 6.07) is 7.87. The number of carbonyl (C=O) groups is 1. The summed E-state index contributed by atoms with van der Waals surface area (Å²) in [5.74, 6) is 2.43. The van der Waals surface area contributed by atoms with Crippen LogP contribution in [-0.2, 0) is 17.6 Å². The van der Waals surface area contributed by atoms with Crippen LogP contribution in [0.1, 0.15) is 29.7 Å². The van der Waals surface area contributed by atoms with Crippen molar-refractivity contribution in [1.29, 1.82) is 0 Å².